The van der Waals surface area contributed by atoms with Crippen molar-refractivity contribution >= 4 is 29.4 Å². The van der Waals surface area contributed by atoms with Gasteiger partial charge in [-0.1, -0.05) is 35.9 Å². The molecule has 0 radical (unpaired) electrons. The molecule has 3 aromatic rings. The van der Waals surface area contributed by atoms with E-state index in [2.05, 4.69) is 10.3 Å². The molecular weight excluding hydrogens is 408 g/mol. The third-order valence-electron chi connectivity index (χ3n) is 4.98. The minimum atomic E-state index is -1.34. The van der Waals surface area contributed by atoms with Gasteiger partial charge in [-0.3, -0.25) is 14.5 Å². The number of halogens is 1. The smallest absolute Gasteiger partial charge is 0.325 e. The Labute approximate surface area is 176 Å². The lowest BCUT2D eigenvalue weighted by Crippen LogP contribution is -2.41. The number of urea groups is 1. The van der Waals surface area contributed by atoms with E-state index in [0.29, 0.717) is 27.7 Å². The van der Waals surface area contributed by atoms with Gasteiger partial charge in [0.15, 0.2) is 0 Å². The van der Waals surface area contributed by atoms with Gasteiger partial charge in [0.1, 0.15) is 11.8 Å². The van der Waals surface area contributed by atoms with E-state index in [-0.39, 0.29) is 12.1 Å². The van der Waals surface area contributed by atoms with Crippen molar-refractivity contribution in [1.29, 1.82) is 0 Å². The van der Waals surface area contributed by atoms with Crippen molar-refractivity contribution in [1.82, 2.24) is 15.2 Å². The normalized spacial score (nSPS) is 18.5. The van der Waals surface area contributed by atoms with Crippen LogP contribution in [0.15, 0.2) is 59.2 Å². The average molecular weight is 425 g/mol. The predicted molar refractivity (Wildman–Crippen MR) is 108 cm³/mol. The second-order valence-electron chi connectivity index (χ2n) is 7.02. The molecule has 30 heavy (non-hydrogen) atoms. The number of nitrogens with zero attached hydrogens (tertiary/aromatic N) is 2. The molecule has 1 aliphatic heterocycles. The number of carbonyl (C=O) groups is 3. The van der Waals surface area contributed by atoms with E-state index in [0.717, 1.165) is 4.90 Å². The van der Waals surface area contributed by atoms with Crippen LogP contribution in [0.2, 0.25) is 5.02 Å². The van der Waals surface area contributed by atoms with Crippen LogP contribution in [0.5, 0.6) is 0 Å². The van der Waals surface area contributed by atoms with Crippen molar-refractivity contribution in [3.05, 3.63) is 76.6 Å². The standard InChI is InChI=1S/C21H17ClN4O4/c1-21(13-6-4-5-12(9-13)17(23)27)19(28)26(20(29)25-21)10-14-11-30-18(24-14)15-7-2-3-8-16(15)22/h2-9,11H,10H2,1H3,(H2,23,27)(H,25,29). The Kier molecular flexibility index (Phi) is 4.79. The van der Waals surface area contributed by atoms with E-state index in [1.54, 1.807) is 49.4 Å². The van der Waals surface area contributed by atoms with Crippen molar-refractivity contribution in [2.45, 2.75) is 19.0 Å². The van der Waals surface area contributed by atoms with E-state index >= 15 is 0 Å². The summed E-state index contributed by atoms with van der Waals surface area (Å²) in [7, 11) is 0. The van der Waals surface area contributed by atoms with E-state index < -0.39 is 23.4 Å². The van der Waals surface area contributed by atoms with E-state index in [1.165, 1.54) is 12.3 Å². The fraction of sp³-hybridized carbons (Fsp3) is 0.143. The summed E-state index contributed by atoms with van der Waals surface area (Å²) < 4.78 is 5.47. The van der Waals surface area contributed by atoms with Gasteiger partial charge < -0.3 is 15.5 Å². The Morgan fingerprint density at radius 1 is 1.23 bits per heavy atom. The highest BCUT2D eigenvalue weighted by Crippen LogP contribution is 2.31. The number of aromatic nitrogens is 1. The molecule has 0 aliphatic carbocycles. The van der Waals surface area contributed by atoms with Crippen LogP contribution in [-0.4, -0.2) is 27.7 Å². The summed E-state index contributed by atoms with van der Waals surface area (Å²) in [6, 6.07) is 12.8. The minimum Gasteiger partial charge on any atom is -0.444 e. The summed E-state index contributed by atoms with van der Waals surface area (Å²) in [5.41, 5.74) is 5.69. The van der Waals surface area contributed by atoms with Gasteiger partial charge in [0.25, 0.3) is 5.91 Å². The molecule has 1 saturated heterocycles. The number of oxazole rings is 1. The first-order chi connectivity index (χ1) is 14.3. The van der Waals surface area contributed by atoms with Crippen molar-refractivity contribution in [3.63, 3.8) is 0 Å². The van der Waals surface area contributed by atoms with Crippen LogP contribution in [0.3, 0.4) is 0 Å². The zero-order valence-corrected chi connectivity index (χ0v) is 16.6. The summed E-state index contributed by atoms with van der Waals surface area (Å²) in [6.45, 7) is 1.50. The largest absolute Gasteiger partial charge is 0.444 e. The molecule has 4 amide bonds. The fourth-order valence-corrected chi connectivity index (χ4v) is 3.54. The first-order valence-electron chi connectivity index (χ1n) is 9.03. The van der Waals surface area contributed by atoms with Gasteiger partial charge in [0, 0.05) is 5.56 Å². The van der Waals surface area contributed by atoms with E-state index in [9.17, 15) is 14.4 Å². The molecule has 1 atom stereocenters. The molecule has 1 aromatic heterocycles. The quantitative estimate of drug-likeness (QED) is 0.610. The maximum atomic E-state index is 13.1. The van der Waals surface area contributed by atoms with Crippen LogP contribution in [0.4, 0.5) is 4.79 Å². The molecule has 1 aliphatic rings. The number of nitrogens with two attached hydrogens (primary N) is 1. The van der Waals surface area contributed by atoms with Crippen LogP contribution in [0, 0.1) is 0 Å². The number of hydrogen-bond acceptors (Lipinski definition) is 5. The zero-order valence-electron chi connectivity index (χ0n) is 15.9. The van der Waals surface area contributed by atoms with Crippen LogP contribution in [0.25, 0.3) is 11.5 Å². The van der Waals surface area contributed by atoms with Gasteiger partial charge in [-0.25, -0.2) is 9.78 Å². The maximum absolute atomic E-state index is 13.1. The number of benzene rings is 2. The maximum Gasteiger partial charge on any atom is 0.325 e. The zero-order chi connectivity index (χ0) is 21.5. The Bertz CT molecular complexity index is 1180. The molecule has 8 nitrogen and oxygen atoms in total. The topological polar surface area (TPSA) is 119 Å². The Balaban J connectivity index is 1.59. The minimum absolute atomic E-state index is 0.0796. The summed E-state index contributed by atoms with van der Waals surface area (Å²) >= 11 is 6.16. The molecule has 0 spiro atoms. The molecule has 9 heteroatoms. The Morgan fingerprint density at radius 2 is 2.00 bits per heavy atom. The number of imide groups is 1. The van der Waals surface area contributed by atoms with Crippen molar-refractivity contribution < 1.29 is 18.8 Å². The Morgan fingerprint density at radius 3 is 2.73 bits per heavy atom. The van der Waals surface area contributed by atoms with Gasteiger partial charge >= 0.3 is 6.03 Å². The van der Waals surface area contributed by atoms with E-state index in [4.69, 9.17) is 21.8 Å². The summed E-state index contributed by atoms with van der Waals surface area (Å²) in [5.74, 6) is -0.806. The fourth-order valence-electron chi connectivity index (χ4n) is 3.32. The number of rotatable bonds is 5. The van der Waals surface area contributed by atoms with Gasteiger partial charge in [-0.2, -0.15) is 0 Å². The number of nitrogens with one attached hydrogen (secondary N) is 1. The van der Waals surface area contributed by atoms with Crippen LogP contribution in [-0.2, 0) is 16.9 Å². The summed E-state index contributed by atoms with van der Waals surface area (Å²) in [5, 5.41) is 3.16. The van der Waals surface area contributed by atoms with Gasteiger partial charge in [0.05, 0.1) is 22.8 Å². The lowest BCUT2D eigenvalue weighted by atomic mass is 9.90. The second-order valence-corrected chi connectivity index (χ2v) is 7.42. The third-order valence-corrected chi connectivity index (χ3v) is 5.31. The van der Waals surface area contributed by atoms with Crippen molar-refractivity contribution in [2.75, 3.05) is 0 Å². The number of amides is 4. The lowest BCUT2D eigenvalue weighted by molar-refractivity contribution is -0.131. The van der Waals surface area contributed by atoms with E-state index in [1.807, 2.05) is 0 Å². The van der Waals surface area contributed by atoms with Crippen molar-refractivity contribution in [2.24, 2.45) is 5.73 Å². The third kappa shape index (κ3) is 3.31. The average Bonchev–Trinajstić information content (AvgIpc) is 3.27. The molecule has 2 aromatic carbocycles. The molecule has 4 rings (SSSR count). The van der Waals surface area contributed by atoms with Gasteiger partial charge in [0.2, 0.25) is 11.8 Å². The molecule has 3 N–H and O–H groups in total. The van der Waals surface area contributed by atoms with Crippen molar-refractivity contribution in [3.8, 4) is 11.5 Å². The molecule has 0 bridgehead atoms. The molecule has 2 heterocycles. The monoisotopic (exact) mass is 424 g/mol. The van der Waals surface area contributed by atoms with Crippen LogP contribution < -0.4 is 11.1 Å². The first kappa shape index (κ1) is 19.7. The number of primary amides is 1. The molecule has 152 valence electrons. The highest BCUT2D eigenvalue weighted by Gasteiger charge is 2.49. The molecule has 0 saturated carbocycles. The molecule has 1 fully saturated rings. The SMILES string of the molecule is CC1(c2cccc(C(N)=O)c2)NC(=O)N(Cc2coc(-c3ccccc3Cl)n2)C1=O. The highest BCUT2D eigenvalue weighted by molar-refractivity contribution is 6.33. The first-order valence-corrected chi connectivity index (χ1v) is 9.41. The summed E-state index contributed by atoms with van der Waals surface area (Å²) in [6.07, 6.45) is 1.38. The van der Waals surface area contributed by atoms with Crippen LogP contribution >= 0.6 is 11.6 Å². The lowest BCUT2D eigenvalue weighted by Gasteiger charge is -2.22. The predicted octanol–water partition coefficient (Wildman–Crippen LogP) is 3.06. The second kappa shape index (κ2) is 7.31. The molecule has 1 unspecified atom stereocenters. The Hall–Kier alpha value is -3.65. The molecular formula is C21H17ClN4O4. The van der Waals surface area contributed by atoms with Crippen LogP contribution in [0.1, 0.15) is 28.5 Å². The van der Waals surface area contributed by atoms with Gasteiger partial charge in [-0.15, -0.1) is 0 Å². The number of hydrogen-bond donors (Lipinski definition) is 2. The van der Waals surface area contributed by atoms with Gasteiger partial charge in [-0.05, 0) is 36.8 Å². The highest BCUT2D eigenvalue weighted by atomic mass is 35.5. The number of carbonyl (C=O) groups excluding carboxylic acids is 3. The summed E-state index contributed by atoms with van der Waals surface area (Å²) in [4.78, 5) is 42.5.